The Labute approximate surface area is 179 Å². The van der Waals surface area contributed by atoms with Crippen LogP contribution >= 0.6 is 0 Å². The molecule has 0 aliphatic carbocycles. The van der Waals surface area contributed by atoms with Crippen LogP contribution in [0.5, 0.6) is 5.75 Å². The van der Waals surface area contributed by atoms with E-state index in [2.05, 4.69) is 15.6 Å². The monoisotopic (exact) mass is 415 g/mol. The zero-order valence-electron chi connectivity index (χ0n) is 17.4. The summed E-state index contributed by atoms with van der Waals surface area (Å²) in [7, 11) is 1.56. The van der Waals surface area contributed by atoms with Crippen molar-refractivity contribution in [2.75, 3.05) is 7.11 Å². The number of aromatic nitrogens is 2. The molecule has 0 saturated carbocycles. The van der Waals surface area contributed by atoms with Crippen LogP contribution in [0.4, 0.5) is 0 Å². The highest BCUT2D eigenvalue weighted by Gasteiger charge is 2.20. The number of methoxy groups -OCH3 is 1. The maximum absolute atomic E-state index is 12.7. The summed E-state index contributed by atoms with van der Waals surface area (Å²) in [5, 5.41) is 17.6. The van der Waals surface area contributed by atoms with E-state index in [0.29, 0.717) is 11.4 Å². The zero-order valence-corrected chi connectivity index (χ0v) is 17.4. The molecule has 1 aromatic heterocycles. The van der Waals surface area contributed by atoms with Crippen LogP contribution in [0, 0.1) is 18.3 Å². The topological polar surface area (TPSA) is 109 Å². The van der Waals surface area contributed by atoms with Crippen molar-refractivity contribution in [3.63, 3.8) is 0 Å². The standard InChI is InChI=1S/C23H21N5O3/c1-4-16-8-10-18(11-9-16)28-23(30)20(13-24)15(2)21(27-28)22(29)26-25-14-17-6-5-7-19(12-17)31-3/h5-12,14H,4H2,1-3H3,(H,26,29)/b25-14+. The Balaban J connectivity index is 1.94. The lowest BCUT2D eigenvalue weighted by molar-refractivity contribution is 0.0947. The smallest absolute Gasteiger partial charge is 0.292 e. The van der Waals surface area contributed by atoms with Crippen LogP contribution in [-0.2, 0) is 6.42 Å². The summed E-state index contributed by atoms with van der Waals surface area (Å²) in [5.41, 5.74) is 4.09. The predicted molar refractivity (Wildman–Crippen MR) is 117 cm³/mol. The maximum atomic E-state index is 12.7. The lowest BCUT2D eigenvalue weighted by Crippen LogP contribution is -2.31. The lowest BCUT2D eigenvalue weighted by Gasteiger charge is -2.11. The molecule has 0 spiro atoms. The number of aryl methyl sites for hydroxylation is 1. The van der Waals surface area contributed by atoms with Gasteiger partial charge in [0.15, 0.2) is 5.69 Å². The minimum atomic E-state index is -0.632. The summed E-state index contributed by atoms with van der Waals surface area (Å²) in [6, 6.07) is 16.2. The highest BCUT2D eigenvalue weighted by Crippen LogP contribution is 2.13. The molecule has 1 heterocycles. The molecule has 0 atom stereocenters. The number of benzene rings is 2. The number of hydrogen-bond acceptors (Lipinski definition) is 6. The fourth-order valence-corrected chi connectivity index (χ4v) is 2.94. The van der Waals surface area contributed by atoms with Gasteiger partial charge in [0.1, 0.15) is 17.4 Å². The number of carbonyl (C=O) groups excluding carboxylic acids is 1. The maximum Gasteiger partial charge on any atom is 0.292 e. The minimum Gasteiger partial charge on any atom is -0.497 e. The van der Waals surface area contributed by atoms with Gasteiger partial charge in [-0.3, -0.25) is 9.59 Å². The number of hydrogen-bond donors (Lipinski definition) is 1. The van der Waals surface area contributed by atoms with Crippen molar-refractivity contribution in [2.45, 2.75) is 20.3 Å². The Kier molecular flexibility index (Phi) is 6.58. The molecule has 0 unspecified atom stereocenters. The molecule has 0 fully saturated rings. The van der Waals surface area contributed by atoms with E-state index in [4.69, 9.17) is 4.74 Å². The third-order valence-electron chi connectivity index (χ3n) is 4.73. The molecule has 1 N–H and O–H groups in total. The predicted octanol–water partition coefficient (Wildman–Crippen LogP) is 2.75. The van der Waals surface area contributed by atoms with Crippen LogP contribution in [0.15, 0.2) is 58.4 Å². The van der Waals surface area contributed by atoms with Crippen molar-refractivity contribution in [3.05, 3.63) is 86.8 Å². The molecule has 3 aromatic rings. The van der Waals surface area contributed by atoms with Crippen LogP contribution in [0.1, 0.15) is 39.7 Å². The Bertz CT molecular complexity index is 1240. The second kappa shape index (κ2) is 9.50. The van der Waals surface area contributed by atoms with Crippen molar-refractivity contribution in [3.8, 4) is 17.5 Å². The Hall–Kier alpha value is -4.25. The second-order valence-electron chi connectivity index (χ2n) is 6.67. The number of rotatable bonds is 6. The number of ether oxygens (including phenoxy) is 1. The normalized spacial score (nSPS) is 10.6. The van der Waals surface area contributed by atoms with Crippen LogP contribution < -0.4 is 15.7 Å². The molecule has 8 nitrogen and oxygen atoms in total. The van der Waals surface area contributed by atoms with E-state index in [9.17, 15) is 14.9 Å². The van der Waals surface area contributed by atoms with Gasteiger partial charge < -0.3 is 4.74 Å². The van der Waals surface area contributed by atoms with Gasteiger partial charge in [-0.05, 0) is 48.7 Å². The van der Waals surface area contributed by atoms with E-state index in [1.54, 1.807) is 43.5 Å². The zero-order chi connectivity index (χ0) is 22.4. The van der Waals surface area contributed by atoms with Gasteiger partial charge in [0, 0.05) is 5.56 Å². The summed E-state index contributed by atoms with van der Waals surface area (Å²) in [6.45, 7) is 3.53. The van der Waals surface area contributed by atoms with E-state index in [0.717, 1.165) is 22.2 Å². The number of nitrogens with zero attached hydrogens (tertiary/aromatic N) is 4. The molecule has 3 rings (SSSR count). The quantitative estimate of drug-likeness (QED) is 0.492. The van der Waals surface area contributed by atoms with Gasteiger partial charge in [-0.15, -0.1) is 0 Å². The number of nitriles is 1. The highest BCUT2D eigenvalue weighted by molar-refractivity contribution is 5.94. The molecule has 0 aliphatic rings. The van der Waals surface area contributed by atoms with E-state index < -0.39 is 11.5 Å². The third-order valence-corrected chi connectivity index (χ3v) is 4.73. The van der Waals surface area contributed by atoms with Gasteiger partial charge in [0.25, 0.3) is 11.5 Å². The molecular formula is C23H21N5O3. The Morgan fingerprint density at radius 2 is 2.03 bits per heavy atom. The van der Waals surface area contributed by atoms with E-state index in [-0.39, 0.29) is 16.8 Å². The second-order valence-corrected chi connectivity index (χ2v) is 6.67. The summed E-state index contributed by atoms with van der Waals surface area (Å²) >= 11 is 0. The molecule has 31 heavy (non-hydrogen) atoms. The van der Waals surface area contributed by atoms with Crippen LogP contribution in [0.3, 0.4) is 0 Å². The SMILES string of the molecule is CCc1ccc(-n2nc(C(=O)N/N=C/c3cccc(OC)c3)c(C)c(C#N)c2=O)cc1. The Morgan fingerprint density at radius 3 is 2.68 bits per heavy atom. The molecule has 0 saturated heterocycles. The first kappa shape index (κ1) is 21.5. The molecule has 0 aliphatic heterocycles. The summed E-state index contributed by atoms with van der Waals surface area (Å²) in [4.78, 5) is 25.4. The van der Waals surface area contributed by atoms with Crippen molar-refractivity contribution >= 4 is 12.1 Å². The largest absolute Gasteiger partial charge is 0.497 e. The highest BCUT2D eigenvalue weighted by atomic mass is 16.5. The fraction of sp³-hybridized carbons (Fsp3) is 0.174. The average Bonchev–Trinajstić information content (AvgIpc) is 2.79. The van der Waals surface area contributed by atoms with E-state index in [1.165, 1.54) is 13.1 Å². The summed E-state index contributed by atoms with van der Waals surface area (Å²) in [5.74, 6) is 0.0275. The third kappa shape index (κ3) is 4.67. The van der Waals surface area contributed by atoms with E-state index in [1.807, 2.05) is 25.1 Å². The number of amides is 1. The number of carbonyl (C=O) groups is 1. The van der Waals surface area contributed by atoms with Crippen LogP contribution in [0.2, 0.25) is 0 Å². The molecular weight excluding hydrogens is 394 g/mol. The first-order chi connectivity index (χ1) is 15.0. The fourth-order valence-electron chi connectivity index (χ4n) is 2.94. The van der Waals surface area contributed by atoms with Gasteiger partial charge in [0.05, 0.1) is 19.0 Å². The van der Waals surface area contributed by atoms with Crippen LogP contribution in [-0.4, -0.2) is 29.0 Å². The van der Waals surface area contributed by atoms with Gasteiger partial charge in [-0.1, -0.05) is 31.2 Å². The first-order valence-corrected chi connectivity index (χ1v) is 9.59. The van der Waals surface area contributed by atoms with E-state index >= 15 is 0 Å². The lowest BCUT2D eigenvalue weighted by atomic mass is 10.1. The minimum absolute atomic E-state index is 0.0569. The molecule has 2 aromatic carbocycles. The van der Waals surface area contributed by atoms with Crippen LogP contribution in [0.25, 0.3) is 5.69 Å². The number of hydrazone groups is 1. The average molecular weight is 415 g/mol. The molecule has 1 amide bonds. The summed E-state index contributed by atoms with van der Waals surface area (Å²) in [6.07, 6.45) is 2.30. The van der Waals surface area contributed by atoms with Gasteiger partial charge >= 0.3 is 0 Å². The van der Waals surface area contributed by atoms with Gasteiger partial charge in [-0.25, -0.2) is 5.43 Å². The van der Waals surface area contributed by atoms with Gasteiger partial charge in [-0.2, -0.15) is 20.1 Å². The van der Waals surface area contributed by atoms with Gasteiger partial charge in [0.2, 0.25) is 0 Å². The first-order valence-electron chi connectivity index (χ1n) is 9.59. The van der Waals surface area contributed by atoms with Crippen molar-refractivity contribution in [1.82, 2.24) is 15.2 Å². The van der Waals surface area contributed by atoms with Crippen molar-refractivity contribution < 1.29 is 9.53 Å². The van der Waals surface area contributed by atoms with Crippen molar-refractivity contribution in [2.24, 2.45) is 5.10 Å². The molecule has 8 heteroatoms. The Morgan fingerprint density at radius 1 is 1.29 bits per heavy atom. The summed E-state index contributed by atoms with van der Waals surface area (Å²) < 4.78 is 6.21. The molecule has 0 bridgehead atoms. The number of nitrogens with one attached hydrogen (secondary N) is 1. The molecule has 0 radical (unpaired) electrons. The van der Waals surface area contributed by atoms with Crippen molar-refractivity contribution in [1.29, 1.82) is 5.26 Å². The molecule has 156 valence electrons.